The van der Waals surface area contributed by atoms with Gasteiger partial charge in [0.2, 0.25) is 0 Å². The molecular weight excluding hydrogens is 128 g/mol. The summed E-state index contributed by atoms with van der Waals surface area (Å²) in [4.78, 5) is 2.28. The van der Waals surface area contributed by atoms with Gasteiger partial charge in [-0.25, -0.2) is 0 Å². The molecule has 0 amide bonds. The third kappa shape index (κ3) is 1.70. The fraction of sp³-hybridized carbons (Fsp3) is 0.857. The molecule has 1 saturated heterocycles. The van der Waals surface area contributed by atoms with E-state index in [1.165, 1.54) is 0 Å². The molecule has 0 bridgehead atoms. The highest BCUT2D eigenvalue weighted by Crippen LogP contribution is 2.05. The Morgan fingerprint density at radius 3 is 3.10 bits per heavy atom. The van der Waals surface area contributed by atoms with Crippen molar-refractivity contribution < 1.29 is 5.21 Å². The molecule has 0 aromatic heterocycles. The van der Waals surface area contributed by atoms with Crippen LogP contribution in [-0.2, 0) is 0 Å². The molecule has 1 aliphatic rings. The van der Waals surface area contributed by atoms with Gasteiger partial charge in [-0.2, -0.15) is 0 Å². The largest absolute Gasteiger partial charge is 0.411 e. The summed E-state index contributed by atoms with van der Waals surface area (Å²) in [6, 6.07) is 0. The van der Waals surface area contributed by atoms with Crippen LogP contribution < -0.4 is 0 Å². The Kier molecular flexibility index (Phi) is 2.68. The van der Waals surface area contributed by atoms with Gasteiger partial charge in [-0.05, 0) is 25.9 Å². The van der Waals surface area contributed by atoms with Gasteiger partial charge in [0.1, 0.15) is 0 Å². The number of likely N-dealkylation sites (tertiary alicyclic amines) is 1. The van der Waals surface area contributed by atoms with E-state index in [4.69, 9.17) is 5.21 Å². The second kappa shape index (κ2) is 3.56. The first kappa shape index (κ1) is 7.54. The first-order valence-electron chi connectivity index (χ1n) is 3.79. The Bertz CT molecular complexity index is 134. The molecule has 1 aliphatic heterocycles. The number of hydrogen-bond acceptors (Lipinski definition) is 3. The lowest BCUT2D eigenvalue weighted by Crippen LogP contribution is -2.35. The molecular formula is C7H14N2O. The van der Waals surface area contributed by atoms with E-state index < -0.39 is 0 Å². The van der Waals surface area contributed by atoms with Gasteiger partial charge < -0.3 is 5.21 Å². The third-order valence-electron chi connectivity index (χ3n) is 1.93. The van der Waals surface area contributed by atoms with E-state index in [0.29, 0.717) is 0 Å². The molecule has 1 rings (SSSR count). The number of nitrogens with zero attached hydrogens (tertiary/aromatic N) is 2. The monoisotopic (exact) mass is 142 g/mol. The van der Waals surface area contributed by atoms with E-state index in [9.17, 15) is 0 Å². The fourth-order valence-corrected chi connectivity index (χ4v) is 1.27. The highest BCUT2D eigenvalue weighted by atomic mass is 16.4. The van der Waals surface area contributed by atoms with Crippen molar-refractivity contribution >= 4 is 5.71 Å². The van der Waals surface area contributed by atoms with Crippen LogP contribution in [0.5, 0.6) is 0 Å². The lowest BCUT2D eigenvalue weighted by atomic mass is 10.1. The van der Waals surface area contributed by atoms with E-state index >= 15 is 0 Å². The smallest absolute Gasteiger partial charge is 0.0711 e. The summed E-state index contributed by atoms with van der Waals surface area (Å²) in [5, 5.41) is 11.7. The summed E-state index contributed by atoms with van der Waals surface area (Å²) in [5.41, 5.74) is 0.924. The Balaban J connectivity index is 2.39. The van der Waals surface area contributed by atoms with Gasteiger partial charge in [-0.15, -0.1) is 0 Å². The highest BCUT2D eigenvalue weighted by Gasteiger charge is 2.13. The molecule has 0 aliphatic carbocycles. The number of hydrogen-bond donors (Lipinski definition) is 1. The first-order chi connectivity index (χ1) is 4.86. The van der Waals surface area contributed by atoms with Crippen LogP contribution in [0.1, 0.15) is 19.8 Å². The molecule has 3 nitrogen and oxygen atoms in total. The summed E-state index contributed by atoms with van der Waals surface area (Å²) >= 11 is 0. The van der Waals surface area contributed by atoms with Crippen LogP contribution in [-0.4, -0.2) is 35.5 Å². The molecule has 1 fully saturated rings. The SMILES string of the molecule is CCN1CCCC(=NO)C1. The topological polar surface area (TPSA) is 35.8 Å². The van der Waals surface area contributed by atoms with Crippen molar-refractivity contribution in [1.29, 1.82) is 0 Å². The summed E-state index contributed by atoms with van der Waals surface area (Å²) in [6.07, 6.45) is 2.10. The molecule has 0 radical (unpaired) electrons. The molecule has 0 spiro atoms. The zero-order chi connectivity index (χ0) is 7.40. The van der Waals surface area contributed by atoms with E-state index in [0.717, 1.165) is 38.2 Å². The number of oxime groups is 1. The zero-order valence-corrected chi connectivity index (χ0v) is 6.38. The van der Waals surface area contributed by atoms with Gasteiger partial charge in [-0.3, -0.25) is 4.90 Å². The highest BCUT2D eigenvalue weighted by molar-refractivity contribution is 5.86. The van der Waals surface area contributed by atoms with Gasteiger partial charge in [0, 0.05) is 6.54 Å². The van der Waals surface area contributed by atoms with Gasteiger partial charge in [-0.1, -0.05) is 12.1 Å². The minimum absolute atomic E-state index is 0.854. The molecule has 3 heteroatoms. The van der Waals surface area contributed by atoms with Crippen LogP contribution >= 0.6 is 0 Å². The maximum absolute atomic E-state index is 8.47. The summed E-state index contributed by atoms with van der Waals surface area (Å²) in [6.45, 7) is 5.18. The molecule has 0 unspecified atom stereocenters. The van der Waals surface area contributed by atoms with Gasteiger partial charge >= 0.3 is 0 Å². The standard InChI is InChI=1S/C7H14N2O/c1-2-9-5-3-4-7(6-9)8-10/h10H,2-6H2,1H3. The van der Waals surface area contributed by atoms with E-state index in [-0.39, 0.29) is 0 Å². The summed E-state index contributed by atoms with van der Waals surface area (Å²) in [5.74, 6) is 0. The lowest BCUT2D eigenvalue weighted by molar-refractivity contribution is 0.281. The zero-order valence-electron chi connectivity index (χ0n) is 6.38. The summed E-state index contributed by atoms with van der Waals surface area (Å²) < 4.78 is 0. The van der Waals surface area contributed by atoms with Crippen LogP contribution in [0.25, 0.3) is 0 Å². The van der Waals surface area contributed by atoms with Gasteiger partial charge in [0.15, 0.2) is 0 Å². The Labute approximate surface area is 61.3 Å². The minimum atomic E-state index is 0.854. The van der Waals surface area contributed by atoms with Crippen LogP contribution in [0, 0.1) is 0 Å². The Morgan fingerprint density at radius 1 is 1.70 bits per heavy atom. The van der Waals surface area contributed by atoms with Crippen LogP contribution in [0.2, 0.25) is 0 Å². The van der Waals surface area contributed by atoms with Crippen LogP contribution in [0.15, 0.2) is 5.16 Å². The van der Waals surface area contributed by atoms with Crippen molar-refractivity contribution in [2.75, 3.05) is 19.6 Å². The molecule has 0 atom stereocenters. The lowest BCUT2D eigenvalue weighted by Gasteiger charge is -2.25. The van der Waals surface area contributed by atoms with E-state index in [1.807, 2.05) is 0 Å². The third-order valence-corrected chi connectivity index (χ3v) is 1.93. The molecule has 0 saturated carbocycles. The maximum Gasteiger partial charge on any atom is 0.0711 e. The van der Waals surface area contributed by atoms with E-state index in [1.54, 1.807) is 0 Å². The molecule has 0 aromatic rings. The Morgan fingerprint density at radius 2 is 2.50 bits per heavy atom. The van der Waals surface area contributed by atoms with Crippen molar-refractivity contribution in [3.8, 4) is 0 Å². The predicted octanol–water partition coefficient (Wildman–Crippen LogP) is 0.932. The average Bonchev–Trinajstić information content (AvgIpc) is 2.05. The van der Waals surface area contributed by atoms with Crippen molar-refractivity contribution in [3.63, 3.8) is 0 Å². The first-order valence-corrected chi connectivity index (χ1v) is 3.79. The molecule has 1 N–H and O–H groups in total. The van der Waals surface area contributed by atoms with Crippen molar-refractivity contribution in [3.05, 3.63) is 0 Å². The second-order valence-electron chi connectivity index (χ2n) is 2.64. The van der Waals surface area contributed by atoms with E-state index in [2.05, 4.69) is 17.0 Å². The quantitative estimate of drug-likeness (QED) is 0.436. The maximum atomic E-state index is 8.47. The molecule has 0 aromatic carbocycles. The van der Waals surface area contributed by atoms with Gasteiger partial charge in [0.25, 0.3) is 0 Å². The normalized spacial score (nSPS) is 25.5. The van der Waals surface area contributed by atoms with Crippen molar-refractivity contribution in [2.45, 2.75) is 19.8 Å². The Hall–Kier alpha value is -0.570. The number of rotatable bonds is 1. The average molecular weight is 142 g/mol. The van der Waals surface area contributed by atoms with Crippen LogP contribution in [0.4, 0.5) is 0 Å². The van der Waals surface area contributed by atoms with Crippen LogP contribution in [0.3, 0.4) is 0 Å². The van der Waals surface area contributed by atoms with Crippen molar-refractivity contribution in [2.24, 2.45) is 5.16 Å². The molecule has 10 heavy (non-hydrogen) atoms. The summed E-state index contributed by atoms with van der Waals surface area (Å²) in [7, 11) is 0. The predicted molar refractivity (Wildman–Crippen MR) is 40.6 cm³/mol. The number of piperidine rings is 1. The van der Waals surface area contributed by atoms with Gasteiger partial charge in [0.05, 0.1) is 5.71 Å². The fourth-order valence-electron chi connectivity index (χ4n) is 1.27. The van der Waals surface area contributed by atoms with Crippen molar-refractivity contribution in [1.82, 2.24) is 4.90 Å². The molecule has 1 heterocycles. The molecule has 58 valence electrons. The second-order valence-corrected chi connectivity index (χ2v) is 2.64. The minimum Gasteiger partial charge on any atom is -0.411 e.